The van der Waals surface area contributed by atoms with Gasteiger partial charge < -0.3 is 14.8 Å². The predicted molar refractivity (Wildman–Crippen MR) is 93.7 cm³/mol. The first kappa shape index (κ1) is 17.4. The Hall–Kier alpha value is -1.38. The second-order valence-corrected chi connectivity index (χ2v) is 8.09. The molecule has 8 heteroatoms. The van der Waals surface area contributed by atoms with Crippen molar-refractivity contribution in [1.29, 1.82) is 0 Å². The lowest BCUT2D eigenvalue weighted by Gasteiger charge is -2.35. The van der Waals surface area contributed by atoms with Crippen LogP contribution in [0.4, 0.5) is 4.79 Å². The Morgan fingerprint density at radius 3 is 2.96 bits per heavy atom. The molecule has 1 N–H and O–H groups in total. The third-order valence-electron chi connectivity index (χ3n) is 4.33. The molecule has 2 amide bonds. The summed E-state index contributed by atoms with van der Waals surface area (Å²) in [6.45, 7) is 2.95. The molecule has 2 aliphatic rings. The molecule has 3 rings (SSSR count). The number of carbonyl (C=O) groups excluding carboxylic acids is 2. The largest absolute Gasteiger partial charge is 0.466 e. The summed E-state index contributed by atoms with van der Waals surface area (Å²) in [7, 11) is 1.35. The third-order valence-corrected chi connectivity index (χ3v) is 5.86. The number of esters is 1. The minimum atomic E-state index is -0.506. The Balaban J connectivity index is 1.95. The summed E-state index contributed by atoms with van der Waals surface area (Å²) in [5.41, 5.74) is 1.94. The molecule has 0 radical (unpaired) electrons. The number of nitrogens with zero attached hydrogens (tertiary/aromatic N) is 1. The van der Waals surface area contributed by atoms with Crippen LogP contribution < -0.4 is 5.32 Å². The summed E-state index contributed by atoms with van der Waals surface area (Å²) in [6, 6.07) is 1.18. The highest BCUT2D eigenvalue weighted by atomic mass is 79.9. The molecule has 0 saturated carbocycles. The first-order valence-electron chi connectivity index (χ1n) is 7.74. The SMILES string of the molecule is COC(=O)C1=C(C)N(CC2CCCO2)C(=O)NC1c1csc(Br)c1. The number of urea groups is 1. The molecule has 2 atom stereocenters. The minimum Gasteiger partial charge on any atom is -0.466 e. The summed E-state index contributed by atoms with van der Waals surface area (Å²) >= 11 is 4.93. The van der Waals surface area contributed by atoms with Gasteiger partial charge >= 0.3 is 12.0 Å². The number of methoxy groups -OCH3 is 1. The Morgan fingerprint density at radius 1 is 1.58 bits per heavy atom. The van der Waals surface area contributed by atoms with Gasteiger partial charge in [-0.1, -0.05) is 0 Å². The molecule has 2 unspecified atom stereocenters. The van der Waals surface area contributed by atoms with Crippen molar-refractivity contribution >= 4 is 39.3 Å². The fourth-order valence-electron chi connectivity index (χ4n) is 3.09. The molecule has 1 aromatic rings. The topological polar surface area (TPSA) is 67.9 Å². The molecule has 0 bridgehead atoms. The van der Waals surface area contributed by atoms with Crippen molar-refractivity contribution in [3.8, 4) is 0 Å². The molecular formula is C16H19BrN2O4S. The molecular weight excluding hydrogens is 396 g/mol. The minimum absolute atomic E-state index is 0.0106. The lowest BCUT2D eigenvalue weighted by molar-refractivity contribution is -0.136. The van der Waals surface area contributed by atoms with Crippen molar-refractivity contribution < 1.29 is 19.1 Å². The quantitative estimate of drug-likeness (QED) is 0.767. The smallest absolute Gasteiger partial charge is 0.337 e. The van der Waals surface area contributed by atoms with Gasteiger partial charge in [-0.3, -0.25) is 4.90 Å². The zero-order valence-corrected chi connectivity index (χ0v) is 15.9. The van der Waals surface area contributed by atoms with Gasteiger partial charge in [0.05, 0.1) is 35.2 Å². The van der Waals surface area contributed by atoms with Crippen molar-refractivity contribution in [2.75, 3.05) is 20.3 Å². The van der Waals surface area contributed by atoms with Crippen molar-refractivity contribution in [1.82, 2.24) is 10.2 Å². The van der Waals surface area contributed by atoms with Crippen LogP contribution in [0.3, 0.4) is 0 Å². The normalized spacial score (nSPS) is 24.3. The Labute approximate surface area is 152 Å². The number of amides is 2. The van der Waals surface area contributed by atoms with Crippen LogP contribution in [0, 0.1) is 0 Å². The standard InChI is InChI=1S/C16H19BrN2O4S/c1-9-13(15(20)22-2)14(10-6-12(17)24-8-10)18-16(21)19(9)7-11-4-3-5-23-11/h6,8,11,14H,3-5,7H2,1-2H3,(H,18,21). The summed E-state index contributed by atoms with van der Waals surface area (Å²) in [6.07, 6.45) is 1.93. The molecule has 6 nitrogen and oxygen atoms in total. The van der Waals surface area contributed by atoms with Gasteiger partial charge in [-0.2, -0.15) is 0 Å². The van der Waals surface area contributed by atoms with E-state index in [0.717, 1.165) is 28.8 Å². The average molecular weight is 415 g/mol. The van der Waals surface area contributed by atoms with Gasteiger partial charge in [-0.15, -0.1) is 11.3 Å². The van der Waals surface area contributed by atoms with Gasteiger partial charge in [0.2, 0.25) is 0 Å². The van der Waals surface area contributed by atoms with Crippen LogP contribution in [0.1, 0.15) is 31.4 Å². The van der Waals surface area contributed by atoms with E-state index in [1.165, 1.54) is 18.4 Å². The lowest BCUT2D eigenvalue weighted by atomic mass is 9.97. The van der Waals surface area contributed by atoms with Gasteiger partial charge in [-0.05, 0) is 52.7 Å². The molecule has 1 fully saturated rings. The number of nitrogens with one attached hydrogen (secondary N) is 1. The fraction of sp³-hybridized carbons (Fsp3) is 0.500. The predicted octanol–water partition coefficient (Wildman–Crippen LogP) is 3.20. The molecule has 24 heavy (non-hydrogen) atoms. The lowest BCUT2D eigenvalue weighted by Crippen LogP contribution is -2.50. The Kier molecular flexibility index (Phi) is 5.27. The zero-order chi connectivity index (χ0) is 17.3. The van der Waals surface area contributed by atoms with E-state index in [-0.39, 0.29) is 12.1 Å². The molecule has 1 aromatic heterocycles. The van der Waals surface area contributed by atoms with E-state index in [9.17, 15) is 9.59 Å². The van der Waals surface area contributed by atoms with Gasteiger partial charge in [0.25, 0.3) is 0 Å². The number of hydrogen-bond donors (Lipinski definition) is 1. The molecule has 0 aromatic carbocycles. The number of ether oxygens (including phenoxy) is 2. The van der Waals surface area contributed by atoms with Gasteiger partial charge in [0, 0.05) is 12.3 Å². The van der Waals surface area contributed by atoms with Crippen LogP contribution in [0.2, 0.25) is 0 Å². The monoisotopic (exact) mass is 414 g/mol. The van der Waals surface area contributed by atoms with E-state index in [4.69, 9.17) is 9.47 Å². The van der Waals surface area contributed by atoms with Crippen LogP contribution in [0.25, 0.3) is 0 Å². The maximum atomic E-state index is 12.6. The third kappa shape index (κ3) is 3.36. The van der Waals surface area contributed by atoms with E-state index in [1.54, 1.807) is 11.8 Å². The number of hydrogen-bond acceptors (Lipinski definition) is 5. The van der Waals surface area contributed by atoms with Crippen molar-refractivity contribution in [2.24, 2.45) is 0 Å². The van der Waals surface area contributed by atoms with Crippen LogP contribution in [-0.2, 0) is 14.3 Å². The average Bonchev–Trinajstić information content (AvgIpc) is 3.21. The molecule has 3 heterocycles. The molecule has 2 aliphatic heterocycles. The maximum absolute atomic E-state index is 12.6. The van der Waals surface area contributed by atoms with Crippen LogP contribution in [0.5, 0.6) is 0 Å². The summed E-state index contributed by atoms with van der Waals surface area (Å²) in [4.78, 5) is 26.5. The number of carbonyl (C=O) groups is 2. The van der Waals surface area contributed by atoms with Crippen LogP contribution in [0.15, 0.2) is 26.5 Å². The van der Waals surface area contributed by atoms with Gasteiger partial charge in [0.1, 0.15) is 0 Å². The fourth-order valence-corrected chi connectivity index (χ4v) is 4.29. The highest BCUT2D eigenvalue weighted by Gasteiger charge is 2.37. The van der Waals surface area contributed by atoms with Crippen LogP contribution in [-0.4, -0.2) is 43.3 Å². The molecule has 0 aliphatic carbocycles. The van der Waals surface area contributed by atoms with Gasteiger partial charge in [0.15, 0.2) is 0 Å². The number of rotatable bonds is 4. The van der Waals surface area contributed by atoms with Crippen molar-refractivity contribution in [3.63, 3.8) is 0 Å². The van der Waals surface area contributed by atoms with E-state index < -0.39 is 12.0 Å². The first-order chi connectivity index (χ1) is 11.5. The van der Waals surface area contributed by atoms with Crippen molar-refractivity contribution in [2.45, 2.75) is 31.9 Å². The van der Waals surface area contributed by atoms with Crippen LogP contribution >= 0.6 is 27.3 Å². The van der Waals surface area contributed by atoms with E-state index in [0.29, 0.717) is 17.8 Å². The first-order valence-corrected chi connectivity index (χ1v) is 9.41. The summed E-state index contributed by atoms with van der Waals surface area (Å²) in [5, 5.41) is 4.84. The van der Waals surface area contributed by atoms with E-state index >= 15 is 0 Å². The van der Waals surface area contributed by atoms with E-state index in [1.807, 2.05) is 11.4 Å². The summed E-state index contributed by atoms with van der Waals surface area (Å²) in [5.74, 6) is -0.433. The van der Waals surface area contributed by atoms with Gasteiger partial charge in [-0.25, -0.2) is 9.59 Å². The molecule has 0 spiro atoms. The summed E-state index contributed by atoms with van der Waals surface area (Å²) < 4.78 is 11.5. The second kappa shape index (κ2) is 7.25. The maximum Gasteiger partial charge on any atom is 0.337 e. The number of halogens is 1. The zero-order valence-electron chi connectivity index (χ0n) is 13.5. The molecule has 130 valence electrons. The number of allylic oxidation sites excluding steroid dienone is 1. The highest BCUT2D eigenvalue weighted by Crippen LogP contribution is 2.35. The Morgan fingerprint density at radius 2 is 2.38 bits per heavy atom. The number of thiophene rings is 1. The second-order valence-electron chi connectivity index (χ2n) is 5.80. The molecule has 1 saturated heterocycles. The van der Waals surface area contributed by atoms with E-state index in [2.05, 4.69) is 21.2 Å². The highest BCUT2D eigenvalue weighted by molar-refractivity contribution is 9.11. The Bertz CT molecular complexity index is 681. The van der Waals surface area contributed by atoms with Crippen molar-refractivity contribution in [3.05, 3.63) is 32.1 Å².